The Bertz CT molecular complexity index is 1120. The van der Waals surface area contributed by atoms with E-state index in [-0.39, 0.29) is 42.1 Å². The van der Waals surface area contributed by atoms with Crippen LogP contribution in [0.3, 0.4) is 0 Å². The van der Waals surface area contributed by atoms with Crippen molar-refractivity contribution >= 4 is 17.0 Å². The number of rotatable bonds is 3. The van der Waals surface area contributed by atoms with Gasteiger partial charge in [-0.05, 0) is 11.6 Å². The number of halogens is 5. The third-order valence-electron chi connectivity index (χ3n) is 5.13. The van der Waals surface area contributed by atoms with Gasteiger partial charge in [-0.2, -0.15) is 13.2 Å². The van der Waals surface area contributed by atoms with E-state index in [2.05, 4.69) is 20.3 Å². The number of benzene rings is 1. The van der Waals surface area contributed by atoms with Crippen molar-refractivity contribution in [1.82, 2.24) is 25.0 Å². The fraction of sp³-hybridized carbons (Fsp3) is 0.500. The van der Waals surface area contributed by atoms with Gasteiger partial charge < -0.3 is 4.90 Å². The van der Waals surface area contributed by atoms with Crippen LogP contribution in [0.2, 0.25) is 0 Å². The Labute approximate surface area is 175 Å². The minimum absolute atomic E-state index is 0.00646. The largest absolute Gasteiger partial charge is 0.416 e. The molecule has 2 aromatic heterocycles. The van der Waals surface area contributed by atoms with Crippen molar-refractivity contribution in [3.8, 4) is 0 Å². The molecule has 3 aromatic rings. The zero-order chi connectivity index (χ0) is 22.6. The van der Waals surface area contributed by atoms with Crippen molar-refractivity contribution in [1.29, 1.82) is 0 Å². The Kier molecular flexibility index (Phi) is 4.90. The molecule has 1 aromatic carbocycles. The molecule has 0 spiro atoms. The van der Waals surface area contributed by atoms with Crippen LogP contribution in [-0.2, 0) is 18.1 Å². The van der Waals surface area contributed by atoms with E-state index in [1.54, 1.807) is 0 Å². The van der Waals surface area contributed by atoms with Crippen LogP contribution in [0.15, 0.2) is 24.3 Å². The van der Waals surface area contributed by atoms with Gasteiger partial charge in [0, 0.05) is 18.4 Å². The summed E-state index contributed by atoms with van der Waals surface area (Å²) in [6.45, 7) is 4.96. The van der Waals surface area contributed by atoms with E-state index in [0.29, 0.717) is 5.82 Å². The second kappa shape index (κ2) is 7.10. The zero-order valence-corrected chi connectivity index (χ0v) is 17.2. The lowest BCUT2D eigenvalue weighted by Gasteiger charge is -2.22. The van der Waals surface area contributed by atoms with Crippen LogP contribution in [0.4, 0.5) is 27.8 Å². The van der Waals surface area contributed by atoms with Crippen molar-refractivity contribution in [3.63, 3.8) is 0 Å². The van der Waals surface area contributed by atoms with Crippen LogP contribution in [-0.4, -0.2) is 44.0 Å². The molecule has 0 aliphatic carbocycles. The molecule has 0 N–H and O–H groups in total. The quantitative estimate of drug-likeness (QED) is 0.564. The van der Waals surface area contributed by atoms with E-state index in [9.17, 15) is 22.0 Å². The summed E-state index contributed by atoms with van der Waals surface area (Å²) < 4.78 is 69.1. The summed E-state index contributed by atoms with van der Waals surface area (Å²) in [4.78, 5) is 10.4. The van der Waals surface area contributed by atoms with Crippen LogP contribution in [0, 0.1) is 0 Å². The number of anilines is 1. The van der Waals surface area contributed by atoms with Gasteiger partial charge in [-0.1, -0.05) is 44.2 Å². The number of alkyl halides is 5. The maximum atomic E-state index is 13.8. The normalized spacial score (nSPS) is 17.0. The molecule has 11 heteroatoms. The highest BCUT2D eigenvalue weighted by atomic mass is 19.4. The highest BCUT2D eigenvalue weighted by molar-refractivity contribution is 5.83. The summed E-state index contributed by atoms with van der Waals surface area (Å²) in [5, 5.41) is 8.03. The number of hydrogen-bond acceptors (Lipinski definition) is 5. The first-order valence-electron chi connectivity index (χ1n) is 9.75. The van der Waals surface area contributed by atoms with Gasteiger partial charge in [0.1, 0.15) is 5.82 Å². The van der Waals surface area contributed by atoms with Gasteiger partial charge in [-0.15, -0.1) is 5.10 Å². The van der Waals surface area contributed by atoms with Gasteiger partial charge in [0.25, 0.3) is 5.92 Å². The first-order valence-corrected chi connectivity index (χ1v) is 9.75. The second-order valence-corrected chi connectivity index (χ2v) is 8.72. The summed E-state index contributed by atoms with van der Waals surface area (Å²) in [5.41, 5.74) is -0.892. The van der Waals surface area contributed by atoms with Crippen LogP contribution < -0.4 is 4.90 Å². The molecule has 0 atom stereocenters. The standard InChI is InChI=1S/C20H21F5N6/c1-18(2,3)17-26-15(30-9-8-19(21,22)11-30)14-16(27-17)31(29-28-14)10-12-6-4-5-7-13(12)20(23,24)25/h4-7H,8-11H2,1-3H3. The Hall–Kier alpha value is -2.85. The summed E-state index contributed by atoms with van der Waals surface area (Å²) in [5.74, 6) is -2.25. The van der Waals surface area contributed by atoms with E-state index in [1.807, 2.05) is 20.8 Å². The number of fused-ring (bicyclic) bond motifs is 1. The van der Waals surface area contributed by atoms with E-state index < -0.39 is 29.6 Å². The molecule has 0 unspecified atom stereocenters. The fourth-order valence-electron chi connectivity index (χ4n) is 3.52. The number of nitrogens with zero attached hydrogens (tertiary/aromatic N) is 6. The third kappa shape index (κ3) is 4.17. The molecule has 1 aliphatic rings. The van der Waals surface area contributed by atoms with Gasteiger partial charge in [-0.3, -0.25) is 0 Å². The zero-order valence-electron chi connectivity index (χ0n) is 17.2. The first kappa shape index (κ1) is 21.4. The van der Waals surface area contributed by atoms with E-state index in [1.165, 1.54) is 27.8 Å². The minimum atomic E-state index is -4.52. The Morgan fingerprint density at radius 2 is 1.77 bits per heavy atom. The Morgan fingerprint density at radius 3 is 2.39 bits per heavy atom. The highest BCUT2D eigenvalue weighted by Gasteiger charge is 2.40. The SMILES string of the molecule is CC(C)(C)c1nc(N2CCC(F)(F)C2)c2nnn(Cc3ccccc3C(F)(F)F)c2n1. The Morgan fingerprint density at radius 1 is 1.06 bits per heavy atom. The lowest BCUT2D eigenvalue weighted by molar-refractivity contribution is -0.138. The lowest BCUT2D eigenvalue weighted by Crippen LogP contribution is -2.27. The van der Waals surface area contributed by atoms with Gasteiger partial charge >= 0.3 is 6.18 Å². The van der Waals surface area contributed by atoms with Crippen molar-refractivity contribution in [2.24, 2.45) is 0 Å². The molecular formula is C20H21F5N6. The average Bonchev–Trinajstić information content (AvgIpc) is 3.23. The van der Waals surface area contributed by atoms with Gasteiger partial charge in [0.2, 0.25) is 0 Å². The molecule has 31 heavy (non-hydrogen) atoms. The maximum Gasteiger partial charge on any atom is 0.416 e. The third-order valence-corrected chi connectivity index (χ3v) is 5.13. The highest BCUT2D eigenvalue weighted by Crippen LogP contribution is 2.35. The number of aromatic nitrogens is 5. The smallest absolute Gasteiger partial charge is 0.348 e. The number of hydrogen-bond donors (Lipinski definition) is 0. The molecule has 3 heterocycles. The van der Waals surface area contributed by atoms with Crippen molar-refractivity contribution in [2.45, 2.75) is 51.3 Å². The molecule has 6 nitrogen and oxygen atoms in total. The predicted molar refractivity (Wildman–Crippen MR) is 104 cm³/mol. The molecule has 0 radical (unpaired) electrons. The van der Waals surface area contributed by atoms with Crippen LogP contribution in [0.5, 0.6) is 0 Å². The van der Waals surface area contributed by atoms with Crippen LogP contribution in [0.1, 0.15) is 44.1 Å². The first-order chi connectivity index (χ1) is 14.4. The molecule has 4 rings (SSSR count). The fourth-order valence-corrected chi connectivity index (χ4v) is 3.52. The molecule has 0 amide bonds. The molecule has 1 aliphatic heterocycles. The predicted octanol–water partition coefficient (Wildman–Crippen LogP) is 4.43. The van der Waals surface area contributed by atoms with E-state index in [4.69, 9.17) is 0 Å². The molecule has 1 saturated heterocycles. The van der Waals surface area contributed by atoms with Gasteiger partial charge in [-0.25, -0.2) is 23.4 Å². The minimum Gasteiger partial charge on any atom is -0.348 e. The van der Waals surface area contributed by atoms with Gasteiger partial charge in [0.15, 0.2) is 17.0 Å². The Balaban J connectivity index is 1.83. The van der Waals surface area contributed by atoms with Crippen molar-refractivity contribution in [2.75, 3.05) is 18.0 Å². The lowest BCUT2D eigenvalue weighted by atomic mass is 9.96. The summed E-state index contributed by atoms with van der Waals surface area (Å²) in [6.07, 6.45) is -4.83. The molecule has 0 bridgehead atoms. The van der Waals surface area contributed by atoms with E-state index in [0.717, 1.165) is 6.07 Å². The second-order valence-electron chi connectivity index (χ2n) is 8.72. The maximum absolute atomic E-state index is 13.8. The van der Waals surface area contributed by atoms with Crippen LogP contribution >= 0.6 is 0 Å². The topological polar surface area (TPSA) is 59.7 Å². The molecule has 0 saturated carbocycles. The van der Waals surface area contributed by atoms with Crippen molar-refractivity contribution < 1.29 is 22.0 Å². The van der Waals surface area contributed by atoms with Crippen LogP contribution in [0.25, 0.3) is 11.2 Å². The summed E-state index contributed by atoms with van der Waals surface area (Å²) in [6, 6.07) is 5.19. The monoisotopic (exact) mass is 440 g/mol. The molecular weight excluding hydrogens is 419 g/mol. The van der Waals surface area contributed by atoms with Crippen molar-refractivity contribution in [3.05, 3.63) is 41.2 Å². The van der Waals surface area contributed by atoms with E-state index >= 15 is 0 Å². The summed E-state index contributed by atoms with van der Waals surface area (Å²) in [7, 11) is 0. The van der Waals surface area contributed by atoms with Gasteiger partial charge in [0.05, 0.1) is 18.7 Å². The molecule has 1 fully saturated rings. The molecule has 166 valence electrons. The summed E-state index contributed by atoms with van der Waals surface area (Å²) >= 11 is 0. The average molecular weight is 440 g/mol.